The zero-order valence-electron chi connectivity index (χ0n) is 12.8. The molecule has 0 N–H and O–H groups in total. The molecule has 0 saturated heterocycles. The number of hydrogen-bond donors (Lipinski definition) is 0. The molecule has 1 amide bonds. The second kappa shape index (κ2) is 6.13. The number of carbonyl (C=O) groups is 1. The topological polar surface area (TPSA) is 55.3 Å². The molecule has 1 atom stereocenters. The summed E-state index contributed by atoms with van der Waals surface area (Å²) >= 11 is 0. The van der Waals surface area contributed by atoms with E-state index >= 15 is 0 Å². The fourth-order valence-electron chi connectivity index (χ4n) is 2.59. The van der Waals surface area contributed by atoms with Gasteiger partial charge in [0.2, 0.25) is 5.82 Å². The molecule has 1 saturated carbocycles. The van der Waals surface area contributed by atoms with E-state index in [0.29, 0.717) is 5.92 Å². The summed E-state index contributed by atoms with van der Waals surface area (Å²) in [6.45, 7) is 2.09. The van der Waals surface area contributed by atoms with Crippen LogP contribution in [0.15, 0.2) is 42.7 Å². The van der Waals surface area contributed by atoms with Crippen LogP contribution in [0.1, 0.15) is 30.4 Å². The van der Waals surface area contributed by atoms with Crippen LogP contribution in [-0.2, 0) is 0 Å². The molecule has 1 aliphatic rings. The van der Waals surface area contributed by atoms with Gasteiger partial charge in [-0.3, -0.25) is 4.79 Å². The van der Waals surface area contributed by atoms with Crippen LogP contribution in [-0.4, -0.2) is 29.0 Å². The molecule has 0 bridgehead atoms. The zero-order valence-corrected chi connectivity index (χ0v) is 12.8. The summed E-state index contributed by atoms with van der Waals surface area (Å²) in [5, 5.41) is 0. The normalized spacial score (nSPS) is 15.2. The monoisotopic (exact) mass is 297 g/mol. The van der Waals surface area contributed by atoms with Crippen LogP contribution in [0.4, 0.5) is 5.69 Å². The molecule has 5 heteroatoms. The minimum atomic E-state index is -0.162. The van der Waals surface area contributed by atoms with Gasteiger partial charge in [-0.15, -0.1) is 0 Å². The van der Waals surface area contributed by atoms with E-state index in [1.54, 1.807) is 30.5 Å². The second-order valence-electron chi connectivity index (χ2n) is 5.52. The molecule has 22 heavy (non-hydrogen) atoms. The van der Waals surface area contributed by atoms with Gasteiger partial charge < -0.3 is 9.64 Å². The molecule has 0 spiro atoms. The molecule has 1 heterocycles. The first-order chi connectivity index (χ1) is 10.7. The van der Waals surface area contributed by atoms with E-state index in [0.717, 1.165) is 24.3 Å². The molecule has 0 unspecified atom stereocenters. The minimum Gasteiger partial charge on any atom is -0.497 e. The van der Waals surface area contributed by atoms with E-state index in [1.165, 1.54) is 0 Å². The Kier molecular flexibility index (Phi) is 4.04. The summed E-state index contributed by atoms with van der Waals surface area (Å²) in [5.74, 6) is 1.39. The first-order valence-electron chi connectivity index (χ1n) is 7.45. The summed E-state index contributed by atoms with van der Waals surface area (Å²) in [7, 11) is 1.63. The largest absolute Gasteiger partial charge is 0.497 e. The number of anilines is 1. The highest BCUT2D eigenvalue weighted by Crippen LogP contribution is 2.37. The van der Waals surface area contributed by atoms with E-state index in [-0.39, 0.29) is 17.8 Å². The molecule has 2 aromatic rings. The van der Waals surface area contributed by atoms with Gasteiger partial charge in [0.1, 0.15) is 5.75 Å². The van der Waals surface area contributed by atoms with Crippen LogP contribution in [0.3, 0.4) is 0 Å². The third-order valence-corrected chi connectivity index (χ3v) is 4.04. The Balaban J connectivity index is 1.94. The molecule has 0 radical (unpaired) electrons. The van der Waals surface area contributed by atoms with Gasteiger partial charge in [-0.2, -0.15) is 0 Å². The van der Waals surface area contributed by atoms with Crippen molar-refractivity contribution in [1.29, 1.82) is 0 Å². The number of benzene rings is 1. The quantitative estimate of drug-likeness (QED) is 0.851. The van der Waals surface area contributed by atoms with Crippen LogP contribution in [0.5, 0.6) is 5.75 Å². The molecule has 1 aromatic carbocycles. The Morgan fingerprint density at radius 3 is 2.41 bits per heavy atom. The first kappa shape index (κ1) is 14.5. The predicted octanol–water partition coefficient (Wildman–Crippen LogP) is 2.93. The van der Waals surface area contributed by atoms with E-state index in [2.05, 4.69) is 16.9 Å². The van der Waals surface area contributed by atoms with Crippen molar-refractivity contribution >= 4 is 11.6 Å². The van der Waals surface area contributed by atoms with Gasteiger partial charge in [-0.05, 0) is 56.0 Å². The van der Waals surface area contributed by atoms with E-state index in [1.807, 2.05) is 24.3 Å². The zero-order chi connectivity index (χ0) is 15.5. The van der Waals surface area contributed by atoms with Gasteiger partial charge >= 0.3 is 0 Å². The Morgan fingerprint density at radius 1 is 1.23 bits per heavy atom. The van der Waals surface area contributed by atoms with Crippen LogP contribution in [0.25, 0.3) is 0 Å². The lowest BCUT2D eigenvalue weighted by Crippen LogP contribution is -2.41. The molecular formula is C17H19N3O2. The molecule has 114 valence electrons. The summed E-state index contributed by atoms with van der Waals surface area (Å²) in [6, 6.07) is 9.36. The van der Waals surface area contributed by atoms with E-state index in [9.17, 15) is 4.79 Å². The molecular weight excluding hydrogens is 278 g/mol. The van der Waals surface area contributed by atoms with Crippen LogP contribution in [0.2, 0.25) is 0 Å². The first-order valence-corrected chi connectivity index (χ1v) is 7.45. The molecule has 1 aromatic heterocycles. The highest BCUT2D eigenvalue weighted by atomic mass is 16.5. The fraction of sp³-hybridized carbons (Fsp3) is 0.353. The van der Waals surface area contributed by atoms with Gasteiger partial charge in [0.25, 0.3) is 5.91 Å². The Hall–Kier alpha value is -2.43. The van der Waals surface area contributed by atoms with Crippen molar-refractivity contribution in [2.24, 2.45) is 5.92 Å². The fourth-order valence-corrected chi connectivity index (χ4v) is 2.59. The standard InChI is InChI=1S/C17H19N3O2/c1-12(13-4-5-13)20(14-6-8-15(22-2)9-7-14)17(21)16-18-10-3-11-19-16/h3,6-13H,4-5H2,1-2H3/t12-/m0/s1. The number of rotatable bonds is 5. The Morgan fingerprint density at radius 2 is 1.86 bits per heavy atom. The maximum atomic E-state index is 12.8. The molecule has 5 nitrogen and oxygen atoms in total. The van der Waals surface area contributed by atoms with Crippen molar-refractivity contribution in [2.45, 2.75) is 25.8 Å². The molecule has 3 rings (SSSR count). The minimum absolute atomic E-state index is 0.129. The van der Waals surface area contributed by atoms with Gasteiger partial charge in [-0.1, -0.05) is 0 Å². The summed E-state index contributed by atoms with van der Waals surface area (Å²) in [5.41, 5.74) is 0.845. The van der Waals surface area contributed by atoms with Crippen LogP contribution in [0, 0.1) is 5.92 Å². The lowest BCUT2D eigenvalue weighted by molar-refractivity contribution is 0.0965. The Bertz CT molecular complexity index is 639. The molecule has 1 fully saturated rings. The highest BCUT2D eigenvalue weighted by Gasteiger charge is 2.36. The number of methoxy groups -OCH3 is 1. The number of nitrogens with zero attached hydrogens (tertiary/aromatic N) is 3. The van der Waals surface area contributed by atoms with Gasteiger partial charge in [0, 0.05) is 24.1 Å². The van der Waals surface area contributed by atoms with Crippen molar-refractivity contribution in [3.05, 3.63) is 48.5 Å². The van der Waals surface area contributed by atoms with Crippen molar-refractivity contribution in [2.75, 3.05) is 12.0 Å². The smallest absolute Gasteiger partial charge is 0.296 e. The van der Waals surface area contributed by atoms with Gasteiger partial charge in [0.05, 0.1) is 7.11 Å². The van der Waals surface area contributed by atoms with E-state index < -0.39 is 0 Å². The number of aromatic nitrogens is 2. The summed E-state index contributed by atoms with van der Waals surface area (Å²) in [4.78, 5) is 22.8. The lowest BCUT2D eigenvalue weighted by Gasteiger charge is -2.29. The average molecular weight is 297 g/mol. The number of ether oxygens (including phenoxy) is 1. The molecule has 0 aliphatic heterocycles. The molecule has 1 aliphatic carbocycles. The SMILES string of the molecule is COc1ccc(N(C(=O)c2ncccn2)[C@@H](C)C2CC2)cc1. The maximum Gasteiger partial charge on any atom is 0.296 e. The lowest BCUT2D eigenvalue weighted by atomic mass is 10.1. The third kappa shape index (κ3) is 2.93. The van der Waals surface area contributed by atoms with Crippen molar-refractivity contribution in [3.63, 3.8) is 0 Å². The van der Waals surface area contributed by atoms with Crippen molar-refractivity contribution < 1.29 is 9.53 Å². The second-order valence-corrected chi connectivity index (χ2v) is 5.52. The third-order valence-electron chi connectivity index (χ3n) is 4.04. The Labute approximate surface area is 130 Å². The predicted molar refractivity (Wildman–Crippen MR) is 84.0 cm³/mol. The van der Waals surface area contributed by atoms with Crippen LogP contribution >= 0.6 is 0 Å². The van der Waals surface area contributed by atoms with Gasteiger partial charge in [0.15, 0.2) is 0 Å². The van der Waals surface area contributed by atoms with Crippen molar-refractivity contribution in [1.82, 2.24) is 9.97 Å². The van der Waals surface area contributed by atoms with Gasteiger partial charge in [-0.25, -0.2) is 9.97 Å². The highest BCUT2D eigenvalue weighted by molar-refractivity contribution is 6.04. The number of amides is 1. The summed E-state index contributed by atoms with van der Waals surface area (Å²) in [6.07, 6.45) is 5.51. The van der Waals surface area contributed by atoms with Crippen molar-refractivity contribution in [3.8, 4) is 5.75 Å². The van der Waals surface area contributed by atoms with Crippen LogP contribution < -0.4 is 9.64 Å². The number of hydrogen-bond acceptors (Lipinski definition) is 4. The summed E-state index contributed by atoms with van der Waals surface area (Å²) < 4.78 is 5.19. The average Bonchev–Trinajstić information content (AvgIpc) is 3.41. The number of carbonyl (C=O) groups excluding carboxylic acids is 1. The maximum absolute atomic E-state index is 12.8. The van der Waals surface area contributed by atoms with E-state index in [4.69, 9.17) is 4.74 Å².